The van der Waals surface area contributed by atoms with Crippen LogP contribution >= 0.6 is 22.9 Å². The minimum atomic E-state index is 0.425. The highest BCUT2D eigenvalue weighted by molar-refractivity contribution is 7.22. The molecular formula is C14H18ClN3S. The van der Waals surface area contributed by atoms with Gasteiger partial charge in [-0.15, -0.1) is 0 Å². The molecule has 1 fully saturated rings. The summed E-state index contributed by atoms with van der Waals surface area (Å²) < 4.78 is 1.14. The van der Waals surface area contributed by atoms with E-state index in [0.29, 0.717) is 6.04 Å². The van der Waals surface area contributed by atoms with Crippen molar-refractivity contribution in [1.82, 2.24) is 9.88 Å². The Morgan fingerprint density at radius 2 is 2.21 bits per heavy atom. The molecule has 0 amide bonds. The highest BCUT2D eigenvalue weighted by Gasteiger charge is 2.15. The van der Waals surface area contributed by atoms with Crippen LogP contribution in [0.3, 0.4) is 0 Å². The summed E-state index contributed by atoms with van der Waals surface area (Å²) in [5.74, 6) is 0. The van der Waals surface area contributed by atoms with E-state index in [0.717, 1.165) is 26.9 Å². The van der Waals surface area contributed by atoms with Crippen LogP contribution < -0.4 is 5.32 Å². The van der Waals surface area contributed by atoms with E-state index < -0.39 is 0 Å². The zero-order chi connectivity index (χ0) is 13.2. The molecular weight excluding hydrogens is 278 g/mol. The second kappa shape index (κ2) is 5.65. The number of hydrogen-bond donors (Lipinski definition) is 1. The highest BCUT2D eigenvalue weighted by atomic mass is 35.5. The number of likely N-dealkylation sites (tertiary alicyclic amines) is 1. The fourth-order valence-corrected chi connectivity index (χ4v) is 3.82. The molecule has 1 aliphatic rings. The third-order valence-corrected chi connectivity index (χ3v) is 4.64. The van der Waals surface area contributed by atoms with E-state index in [9.17, 15) is 0 Å². The number of aromatic nitrogens is 1. The first-order valence-corrected chi connectivity index (χ1v) is 7.95. The normalized spacial score (nSPS) is 18.0. The molecule has 0 saturated carbocycles. The van der Waals surface area contributed by atoms with Gasteiger partial charge in [0, 0.05) is 17.6 Å². The van der Waals surface area contributed by atoms with Gasteiger partial charge in [-0.05, 0) is 51.1 Å². The summed E-state index contributed by atoms with van der Waals surface area (Å²) >= 11 is 7.67. The van der Waals surface area contributed by atoms with Crippen molar-refractivity contribution in [2.45, 2.75) is 25.8 Å². The molecule has 1 unspecified atom stereocenters. The van der Waals surface area contributed by atoms with Crippen molar-refractivity contribution in [3.63, 3.8) is 0 Å². The molecule has 1 atom stereocenters. The number of nitrogens with one attached hydrogen (secondary N) is 1. The van der Waals surface area contributed by atoms with Crippen LogP contribution in [-0.2, 0) is 0 Å². The number of hydrogen-bond acceptors (Lipinski definition) is 4. The topological polar surface area (TPSA) is 28.2 Å². The summed E-state index contributed by atoms with van der Waals surface area (Å²) in [5, 5.41) is 5.26. The van der Waals surface area contributed by atoms with Crippen molar-refractivity contribution >= 4 is 38.3 Å². The summed E-state index contributed by atoms with van der Waals surface area (Å²) in [5.41, 5.74) is 1.02. The number of anilines is 1. The second-order valence-corrected chi connectivity index (χ2v) is 6.65. The standard InChI is InChI=1S/C14H18ClN3S/c1-10(9-18-6-2-3-7-18)16-14-17-12-5-4-11(15)8-13(12)19-14/h4-5,8,10H,2-3,6-7,9H2,1H3,(H,16,17). The van der Waals surface area contributed by atoms with E-state index in [4.69, 9.17) is 11.6 Å². The van der Waals surface area contributed by atoms with Gasteiger partial charge < -0.3 is 10.2 Å². The molecule has 2 heterocycles. The first-order chi connectivity index (χ1) is 9.20. The van der Waals surface area contributed by atoms with Gasteiger partial charge in [-0.3, -0.25) is 0 Å². The van der Waals surface area contributed by atoms with E-state index in [1.165, 1.54) is 25.9 Å². The van der Waals surface area contributed by atoms with Crippen molar-refractivity contribution in [2.24, 2.45) is 0 Å². The summed E-state index contributed by atoms with van der Waals surface area (Å²) in [6.45, 7) is 5.79. The number of halogens is 1. The van der Waals surface area contributed by atoms with Gasteiger partial charge >= 0.3 is 0 Å². The molecule has 0 spiro atoms. The van der Waals surface area contributed by atoms with Crippen LogP contribution in [0.2, 0.25) is 5.02 Å². The Hall–Kier alpha value is -0.840. The lowest BCUT2D eigenvalue weighted by atomic mass is 10.3. The third kappa shape index (κ3) is 3.19. The average molecular weight is 296 g/mol. The summed E-state index contributed by atoms with van der Waals surface area (Å²) in [6, 6.07) is 6.27. The van der Waals surface area contributed by atoms with Crippen molar-refractivity contribution in [3.05, 3.63) is 23.2 Å². The summed E-state index contributed by atoms with van der Waals surface area (Å²) in [4.78, 5) is 7.11. The fourth-order valence-electron chi connectivity index (χ4n) is 2.57. The van der Waals surface area contributed by atoms with Crippen molar-refractivity contribution < 1.29 is 0 Å². The Bertz CT molecular complexity index is 563. The first kappa shape index (κ1) is 13.2. The van der Waals surface area contributed by atoms with Crippen LogP contribution in [0.1, 0.15) is 19.8 Å². The van der Waals surface area contributed by atoms with Gasteiger partial charge in [0.2, 0.25) is 0 Å². The molecule has 1 saturated heterocycles. The predicted octanol–water partition coefficient (Wildman–Crippen LogP) is 3.85. The summed E-state index contributed by atoms with van der Waals surface area (Å²) in [6.07, 6.45) is 2.68. The minimum Gasteiger partial charge on any atom is -0.358 e. The molecule has 19 heavy (non-hydrogen) atoms. The molecule has 1 aliphatic heterocycles. The molecule has 102 valence electrons. The number of nitrogens with zero attached hydrogens (tertiary/aromatic N) is 2. The van der Waals surface area contributed by atoms with Crippen LogP contribution in [-0.4, -0.2) is 35.6 Å². The van der Waals surface area contributed by atoms with E-state index in [-0.39, 0.29) is 0 Å². The van der Waals surface area contributed by atoms with Crippen LogP contribution in [0, 0.1) is 0 Å². The molecule has 1 N–H and O–H groups in total. The predicted molar refractivity (Wildman–Crippen MR) is 83.4 cm³/mol. The Morgan fingerprint density at radius 1 is 1.42 bits per heavy atom. The van der Waals surface area contributed by atoms with E-state index in [2.05, 4.69) is 22.1 Å². The molecule has 0 aliphatic carbocycles. The van der Waals surface area contributed by atoms with Crippen LogP contribution in [0.25, 0.3) is 10.2 Å². The molecule has 2 aromatic rings. The Labute approximate surface area is 122 Å². The van der Waals surface area contributed by atoms with Crippen LogP contribution in [0.5, 0.6) is 0 Å². The lowest BCUT2D eigenvalue weighted by Gasteiger charge is -2.20. The lowest BCUT2D eigenvalue weighted by molar-refractivity contribution is 0.328. The lowest BCUT2D eigenvalue weighted by Crippen LogP contribution is -2.32. The minimum absolute atomic E-state index is 0.425. The van der Waals surface area contributed by atoms with E-state index >= 15 is 0 Å². The maximum atomic E-state index is 6.00. The van der Waals surface area contributed by atoms with Gasteiger partial charge in [-0.25, -0.2) is 4.98 Å². The molecule has 3 nitrogen and oxygen atoms in total. The van der Waals surface area contributed by atoms with Crippen molar-refractivity contribution in [3.8, 4) is 0 Å². The first-order valence-electron chi connectivity index (χ1n) is 6.76. The Morgan fingerprint density at radius 3 is 3.00 bits per heavy atom. The van der Waals surface area contributed by atoms with E-state index in [1.807, 2.05) is 18.2 Å². The molecule has 3 rings (SSSR count). The molecule has 1 aromatic heterocycles. The third-order valence-electron chi connectivity index (χ3n) is 3.45. The largest absolute Gasteiger partial charge is 0.358 e. The molecule has 0 radical (unpaired) electrons. The van der Waals surface area contributed by atoms with Gasteiger partial charge in [-0.2, -0.15) is 0 Å². The number of thiazole rings is 1. The van der Waals surface area contributed by atoms with Crippen LogP contribution in [0.4, 0.5) is 5.13 Å². The quantitative estimate of drug-likeness (QED) is 0.929. The zero-order valence-electron chi connectivity index (χ0n) is 11.0. The summed E-state index contributed by atoms with van der Waals surface area (Å²) in [7, 11) is 0. The van der Waals surface area contributed by atoms with Gasteiger partial charge in [0.15, 0.2) is 5.13 Å². The smallest absolute Gasteiger partial charge is 0.184 e. The van der Waals surface area contributed by atoms with Crippen molar-refractivity contribution in [2.75, 3.05) is 25.0 Å². The van der Waals surface area contributed by atoms with Crippen molar-refractivity contribution in [1.29, 1.82) is 0 Å². The maximum absolute atomic E-state index is 6.00. The van der Waals surface area contributed by atoms with Gasteiger partial charge in [0.25, 0.3) is 0 Å². The van der Waals surface area contributed by atoms with Gasteiger partial charge in [-0.1, -0.05) is 22.9 Å². The fraction of sp³-hybridized carbons (Fsp3) is 0.500. The molecule has 5 heteroatoms. The molecule has 1 aromatic carbocycles. The monoisotopic (exact) mass is 295 g/mol. The SMILES string of the molecule is CC(CN1CCCC1)Nc1nc2ccc(Cl)cc2s1. The Balaban J connectivity index is 1.66. The number of rotatable bonds is 4. The zero-order valence-corrected chi connectivity index (χ0v) is 12.6. The average Bonchev–Trinajstić information content (AvgIpc) is 2.97. The van der Waals surface area contributed by atoms with Crippen LogP contribution in [0.15, 0.2) is 18.2 Å². The van der Waals surface area contributed by atoms with E-state index in [1.54, 1.807) is 11.3 Å². The second-order valence-electron chi connectivity index (χ2n) is 5.18. The number of fused-ring (bicyclic) bond motifs is 1. The highest BCUT2D eigenvalue weighted by Crippen LogP contribution is 2.28. The van der Waals surface area contributed by atoms with Gasteiger partial charge in [0.05, 0.1) is 10.2 Å². The van der Waals surface area contributed by atoms with Gasteiger partial charge in [0.1, 0.15) is 0 Å². The number of benzene rings is 1. The Kier molecular flexibility index (Phi) is 3.91. The maximum Gasteiger partial charge on any atom is 0.184 e. The molecule has 0 bridgehead atoms.